The minimum Gasteiger partial charge on any atom is -0.406 e. The van der Waals surface area contributed by atoms with Gasteiger partial charge >= 0.3 is 6.36 Å². The van der Waals surface area contributed by atoms with Crippen molar-refractivity contribution < 1.29 is 22.7 Å². The molecular weight excluding hydrogens is 461 g/mol. The SMILES string of the molecule is Cc1nc2cnc(N)c(C#Cc3cncc(C(=O)Nc4cccc(OC(F)(F)F)c4)c3)c2nc1C. The lowest BCUT2D eigenvalue weighted by atomic mass is 10.1. The summed E-state index contributed by atoms with van der Waals surface area (Å²) in [5, 5.41) is 2.51. The fourth-order valence-corrected chi connectivity index (χ4v) is 3.08. The number of rotatable bonds is 3. The van der Waals surface area contributed by atoms with E-state index in [-0.39, 0.29) is 17.1 Å². The molecule has 4 aromatic rings. The molecule has 8 nitrogen and oxygen atoms in total. The molecule has 0 unspecified atom stereocenters. The number of benzene rings is 1. The summed E-state index contributed by atoms with van der Waals surface area (Å²) in [6.45, 7) is 3.66. The Morgan fingerprint density at radius 3 is 2.60 bits per heavy atom. The van der Waals surface area contributed by atoms with Gasteiger partial charge in [-0.2, -0.15) is 0 Å². The molecule has 0 atom stereocenters. The third-order valence-electron chi connectivity index (χ3n) is 4.81. The van der Waals surface area contributed by atoms with Gasteiger partial charge in [0.25, 0.3) is 5.91 Å². The van der Waals surface area contributed by atoms with E-state index in [2.05, 4.69) is 41.8 Å². The van der Waals surface area contributed by atoms with Crippen molar-refractivity contribution in [2.45, 2.75) is 20.2 Å². The average Bonchev–Trinajstić information content (AvgIpc) is 2.79. The van der Waals surface area contributed by atoms with Crippen LogP contribution < -0.4 is 15.8 Å². The minimum atomic E-state index is -4.84. The Balaban J connectivity index is 1.59. The van der Waals surface area contributed by atoms with Gasteiger partial charge in [-0.25, -0.2) is 15.0 Å². The number of carbonyl (C=O) groups excluding carboxylic acids is 1. The maximum absolute atomic E-state index is 12.6. The number of hydrogen-bond acceptors (Lipinski definition) is 7. The Labute approximate surface area is 197 Å². The van der Waals surface area contributed by atoms with Gasteiger partial charge in [0.05, 0.1) is 28.7 Å². The highest BCUT2D eigenvalue weighted by Crippen LogP contribution is 2.25. The Hall–Kier alpha value is -4.72. The van der Waals surface area contributed by atoms with Gasteiger partial charge in [-0.3, -0.25) is 9.78 Å². The van der Waals surface area contributed by atoms with E-state index >= 15 is 0 Å². The lowest BCUT2D eigenvalue weighted by Gasteiger charge is -2.10. The molecular formula is C24H17F3N6O2. The highest BCUT2D eigenvalue weighted by atomic mass is 19.4. The first-order valence-electron chi connectivity index (χ1n) is 10.1. The number of anilines is 2. The smallest absolute Gasteiger partial charge is 0.406 e. The normalized spacial score (nSPS) is 11.0. The number of fused-ring (bicyclic) bond motifs is 1. The second-order valence-electron chi connectivity index (χ2n) is 7.39. The van der Waals surface area contributed by atoms with Gasteiger partial charge in [0.1, 0.15) is 22.6 Å². The summed E-state index contributed by atoms with van der Waals surface area (Å²) in [6.07, 6.45) is -0.554. The Kier molecular flexibility index (Phi) is 6.20. The fourth-order valence-electron chi connectivity index (χ4n) is 3.08. The molecule has 0 spiro atoms. The quantitative estimate of drug-likeness (QED) is 0.425. The van der Waals surface area contributed by atoms with Crippen LogP contribution in [-0.4, -0.2) is 32.2 Å². The molecule has 3 N–H and O–H groups in total. The van der Waals surface area contributed by atoms with Crippen molar-refractivity contribution in [1.82, 2.24) is 19.9 Å². The number of nitrogens with two attached hydrogens (primary N) is 1. The van der Waals surface area contributed by atoms with Crippen molar-refractivity contribution in [3.63, 3.8) is 0 Å². The van der Waals surface area contributed by atoms with E-state index in [0.717, 1.165) is 23.5 Å². The summed E-state index contributed by atoms with van der Waals surface area (Å²) in [4.78, 5) is 29.7. The van der Waals surface area contributed by atoms with Gasteiger partial charge in [-0.05, 0) is 32.0 Å². The number of halogens is 3. The predicted octanol–water partition coefficient (Wildman–Crippen LogP) is 4.17. The van der Waals surface area contributed by atoms with Gasteiger partial charge < -0.3 is 15.8 Å². The van der Waals surface area contributed by atoms with E-state index < -0.39 is 18.0 Å². The summed E-state index contributed by atoms with van der Waals surface area (Å²) in [7, 11) is 0. The van der Waals surface area contributed by atoms with E-state index in [0.29, 0.717) is 22.2 Å². The van der Waals surface area contributed by atoms with E-state index in [4.69, 9.17) is 5.73 Å². The van der Waals surface area contributed by atoms with Gasteiger partial charge in [0.15, 0.2) is 0 Å². The Morgan fingerprint density at radius 1 is 1.06 bits per heavy atom. The standard InChI is InChI=1S/C24H17F3N6O2/c1-13-14(2)32-21-19(22(28)30-12-20(21)31-13)7-6-15-8-16(11-29-10-15)23(34)33-17-4-3-5-18(9-17)35-24(25,26)27/h3-5,8-12H,1-2H3,(H2,28,30)(H,33,34). The summed E-state index contributed by atoms with van der Waals surface area (Å²) < 4.78 is 41.2. The molecule has 35 heavy (non-hydrogen) atoms. The third kappa shape index (κ3) is 5.62. The maximum Gasteiger partial charge on any atom is 0.573 e. The molecule has 176 valence electrons. The molecule has 0 fully saturated rings. The molecule has 0 radical (unpaired) electrons. The summed E-state index contributed by atoms with van der Waals surface area (Å²) >= 11 is 0. The van der Waals surface area contributed by atoms with Crippen LogP contribution in [0.15, 0.2) is 48.9 Å². The summed E-state index contributed by atoms with van der Waals surface area (Å²) in [5.41, 5.74) is 9.64. The van der Waals surface area contributed by atoms with E-state index in [9.17, 15) is 18.0 Å². The number of aromatic nitrogens is 4. The first kappa shape index (κ1) is 23.4. The number of alkyl halides is 3. The van der Waals surface area contributed by atoms with E-state index in [1.807, 2.05) is 13.8 Å². The van der Waals surface area contributed by atoms with E-state index in [1.165, 1.54) is 36.8 Å². The van der Waals surface area contributed by atoms with Crippen molar-refractivity contribution in [2.75, 3.05) is 11.1 Å². The molecule has 0 aliphatic heterocycles. The van der Waals surface area contributed by atoms with Gasteiger partial charge in [-0.15, -0.1) is 13.2 Å². The number of nitrogens with one attached hydrogen (secondary N) is 1. The zero-order valence-electron chi connectivity index (χ0n) is 18.4. The minimum absolute atomic E-state index is 0.118. The molecule has 3 heterocycles. The van der Waals surface area contributed by atoms with Gasteiger partial charge in [0.2, 0.25) is 0 Å². The van der Waals surface area contributed by atoms with Crippen molar-refractivity contribution in [3.05, 3.63) is 77.0 Å². The van der Waals surface area contributed by atoms with Crippen molar-refractivity contribution in [3.8, 4) is 17.6 Å². The predicted molar refractivity (Wildman–Crippen MR) is 123 cm³/mol. The maximum atomic E-state index is 12.6. The number of carbonyl (C=O) groups is 1. The van der Waals surface area contributed by atoms with Crippen LogP contribution in [0.4, 0.5) is 24.7 Å². The molecule has 11 heteroatoms. The van der Waals surface area contributed by atoms with Crippen LogP contribution in [0, 0.1) is 25.7 Å². The zero-order valence-corrected chi connectivity index (χ0v) is 18.4. The molecule has 1 amide bonds. The zero-order chi connectivity index (χ0) is 25.2. The van der Waals surface area contributed by atoms with Crippen molar-refractivity contribution in [1.29, 1.82) is 0 Å². The lowest BCUT2D eigenvalue weighted by molar-refractivity contribution is -0.274. The number of aryl methyl sites for hydroxylation is 2. The Morgan fingerprint density at radius 2 is 1.83 bits per heavy atom. The molecule has 0 saturated heterocycles. The van der Waals surface area contributed by atoms with Gasteiger partial charge in [0, 0.05) is 29.7 Å². The first-order valence-corrected chi connectivity index (χ1v) is 10.1. The lowest BCUT2D eigenvalue weighted by Crippen LogP contribution is -2.17. The third-order valence-corrected chi connectivity index (χ3v) is 4.81. The summed E-state index contributed by atoms with van der Waals surface area (Å²) in [6, 6.07) is 6.43. The highest BCUT2D eigenvalue weighted by Gasteiger charge is 2.31. The molecule has 3 aromatic heterocycles. The number of hydrogen-bond donors (Lipinski definition) is 2. The monoisotopic (exact) mass is 478 g/mol. The van der Waals surface area contributed by atoms with E-state index in [1.54, 1.807) is 0 Å². The second kappa shape index (κ2) is 9.26. The number of amides is 1. The topological polar surface area (TPSA) is 116 Å². The van der Waals surface area contributed by atoms with Crippen LogP contribution in [0.25, 0.3) is 11.0 Å². The summed E-state index contributed by atoms with van der Waals surface area (Å²) in [5.74, 6) is 4.97. The second-order valence-corrected chi connectivity index (χ2v) is 7.39. The van der Waals surface area contributed by atoms with Crippen LogP contribution >= 0.6 is 0 Å². The highest BCUT2D eigenvalue weighted by molar-refractivity contribution is 6.04. The fraction of sp³-hybridized carbons (Fsp3) is 0.125. The van der Waals surface area contributed by atoms with Gasteiger partial charge in [-0.1, -0.05) is 17.9 Å². The Bertz CT molecular complexity index is 1510. The number of nitrogen functional groups attached to an aromatic ring is 1. The van der Waals surface area contributed by atoms with Crippen molar-refractivity contribution in [2.24, 2.45) is 0 Å². The number of ether oxygens (including phenoxy) is 1. The number of nitrogens with zero attached hydrogens (tertiary/aromatic N) is 4. The molecule has 1 aromatic carbocycles. The average molecular weight is 478 g/mol. The molecule has 0 bridgehead atoms. The molecule has 0 aliphatic carbocycles. The van der Waals surface area contributed by atoms with Crippen LogP contribution in [0.5, 0.6) is 5.75 Å². The van der Waals surface area contributed by atoms with Crippen LogP contribution in [0.2, 0.25) is 0 Å². The molecule has 0 aliphatic rings. The molecule has 4 rings (SSSR count). The first-order chi connectivity index (χ1) is 16.6. The van der Waals surface area contributed by atoms with Crippen molar-refractivity contribution >= 4 is 28.4 Å². The largest absolute Gasteiger partial charge is 0.573 e. The van der Waals surface area contributed by atoms with Crippen LogP contribution in [0.1, 0.15) is 32.9 Å². The van der Waals surface area contributed by atoms with Crippen LogP contribution in [-0.2, 0) is 0 Å². The van der Waals surface area contributed by atoms with Crippen LogP contribution in [0.3, 0.4) is 0 Å². The number of pyridine rings is 2. The molecule has 0 saturated carbocycles.